The van der Waals surface area contributed by atoms with Gasteiger partial charge in [0.25, 0.3) is 0 Å². The summed E-state index contributed by atoms with van der Waals surface area (Å²) in [6.45, 7) is 10.1. The molecule has 0 aliphatic carbocycles. The van der Waals surface area contributed by atoms with Gasteiger partial charge in [-0.1, -0.05) is 38.1 Å². The number of benzene rings is 1. The Morgan fingerprint density at radius 2 is 1.80 bits per heavy atom. The Hall–Kier alpha value is -1.37. The summed E-state index contributed by atoms with van der Waals surface area (Å²) in [7, 11) is 0. The van der Waals surface area contributed by atoms with Crippen LogP contribution in [0.2, 0.25) is 0 Å². The first-order chi connectivity index (χ1) is 7.24. The second-order valence-corrected chi connectivity index (χ2v) is 3.08. The van der Waals surface area contributed by atoms with Crippen LogP contribution >= 0.6 is 0 Å². The topological polar surface area (TPSA) is 12.4 Å². The zero-order chi connectivity index (χ0) is 11.7. The molecule has 1 nitrogen and oxygen atoms in total. The molecule has 0 heterocycles. The van der Waals surface area contributed by atoms with Crippen LogP contribution in [0, 0.1) is 6.92 Å². The molecule has 1 heteroatoms. The van der Waals surface area contributed by atoms with Gasteiger partial charge in [0, 0.05) is 6.21 Å². The van der Waals surface area contributed by atoms with Crippen molar-refractivity contribution in [2.24, 2.45) is 4.99 Å². The highest BCUT2D eigenvalue weighted by molar-refractivity contribution is 5.80. The molecule has 0 radical (unpaired) electrons. The monoisotopic (exact) mass is 203 g/mol. The molecule has 0 N–H and O–H groups in total. The molecular weight excluding hydrogens is 182 g/mol. The van der Waals surface area contributed by atoms with E-state index in [2.05, 4.69) is 18.0 Å². The summed E-state index contributed by atoms with van der Waals surface area (Å²) < 4.78 is 0. The number of rotatable bonds is 2. The van der Waals surface area contributed by atoms with Crippen molar-refractivity contribution in [3.8, 4) is 0 Å². The minimum Gasteiger partial charge on any atom is -0.256 e. The maximum Gasteiger partial charge on any atom is 0.0658 e. The summed E-state index contributed by atoms with van der Waals surface area (Å²) in [6.07, 6.45) is 3.93. The number of hydrogen-bond acceptors (Lipinski definition) is 1. The maximum absolute atomic E-state index is 4.38. The molecule has 0 bridgehead atoms. The van der Waals surface area contributed by atoms with Crippen LogP contribution < -0.4 is 0 Å². The van der Waals surface area contributed by atoms with E-state index in [0.29, 0.717) is 0 Å². The highest BCUT2D eigenvalue weighted by Crippen LogP contribution is 2.16. The summed E-state index contributed by atoms with van der Waals surface area (Å²) in [5, 5.41) is 0. The third-order valence-electron chi connectivity index (χ3n) is 1.98. The molecule has 1 aromatic carbocycles. The van der Waals surface area contributed by atoms with Crippen LogP contribution in [0.3, 0.4) is 0 Å². The quantitative estimate of drug-likeness (QED) is 0.618. The van der Waals surface area contributed by atoms with Gasteiger partial charge in [-0.25, -0.2) is 0 Å². The predicted molar refractivity (Wildman–Crippen MR) is 70.1 cm³/mol. The zero-order valence-electron chi connectivity index (χ0n) is 10.4. The van der Waals surface area contributed by atoms with Crippen LogP contribution in [0.15, 0.2) is 40.9 Å². The average Bonchev–Trinajstić information content (AvgIpc) is 2.30. The van der Waals surface area contributed by atoms with Crippen molar-refractivity contribution in [3.63, 3.8) is 0 Å². The van der Waals surface area contributed by atoms with Crippen LogP contribution in [0.1, 0.15) is 33.3 Å². The molecular formula is C14H21N. The predicted octanol–water partition coefficient (Wildman–Crippen LogP) is 4.69. The molecule has 0 aromatic heterocycles. The fourth-order valence-corrected chi connectivity index (χ4v) is 0.954. The van der Waals surface area contributed by atoms with E-state index in [0.717, 1.165) is 5.69 Å². The molecule has 1 aromatic rings. The lowest BCUT2D eigenvalue weighted by Crippen LogP contribution is -1.77. The number of nitrogens with zero attached hydrogens (tertiary/aromatic N) is 1. The molecule has 0 unspecified atom stereocenters. The van der Waals surface area contributed by atoms with Gasteiger partial charge >= 0.3 is 0 Å². The second-order valence-electron chi connectivity index (χ2n) is 3.08. The Labute approximate surface area is 93.6 Å². The lowest BCUT2D eigenvalue weighted by Gasteiger charge is -1.97. The van der Waals surface area contributed by atoms with Gasteiger partial charge < -0.3 is 0 Å². The lowest BCUT2D eigenvalue weighted by atomic mass is 10.2. The van der Waals surface area contributed by atoms with E-state index in [1.165, 1.54) is 11.1 Å². The molecule has 0 aliphatic heterocycles. The fourth-order valence-electron chi connectivity index (χ4n) is 0.954. The van der Waals surface area contributed by atoms with Crippen LogP contribution in [0.25, 0.3) is 0 Å². The van der Waals surface area contributed by atoms with Crippen molar-refractivity contribution in [1.29, 1.82) is 0 Å². The summed E-state index contributed by atoms with van der Waals surface area (Å²) in [6, 6.07) is 8.12. The number of allylic oxidation sites excluding steroid dienone is 2. The molecule has 15 heavy (non-hydrogen) atoms. The molecule has 0 fully saturated rings. The van der Waals surface area contributed by atoms with Gasteiger partial charge in [0.05, 0.1) is 5.69 Å². The Bertz CT molecular complexity index is 335. The Kier molecular flexibility index (Phi) is 7.25. The SMILES string of the molecule is C/C=C(/C)C=Nc1ccccc1C.CC. The Morgan fingerprint density at radius 1 is 1.20 bits per heavy atom. The van der Waals surface area contributed by atoms with Gasteiger partial charge in [-0.3, -0.25) is 4.99 Å². The molecule has 0 saturated heterocycles. The highest BCUT2D eigenvalue weighted by Gasteiger charge is 1.91. The van der Waals surface area contributed by atoms with Crippen LogP contribution in [0.5, 0.6) is 0 Å². The van der Waals surface area contributed by atoms with E-state index in [1.54, 1.807) is 0 Å². The van der Waals surface area contributed by atoms with E-state index in [9.17, 15) is 0 Å². The summed E-state index contributed by atoms with van der Waals surface area (Å²) in [5.41, 5.74) is 3.44. The highest BCUT2D eigenvalue weighted by atomic mass is 14.7. The summed E-state index contributed by atoms with van der Waals surface area (Å²) in [5.74, 6) is 0. The van der Waals surface area contributed by atoms with E-state index in [-0.39, 0.29) is 0 Å². The van der Waals surface area contributed by atoms with Crippen molar-refractivity contribution >= 4 is 11.9 Å². The minimum absolute atomic E-state index is 1.05. The maximum atomic E-state index is 4.38. The van der Waals surface area contributed by atoms with Gasteiger partial charge in [-0.2, -0.15) is 0 Å². The van der Waals surface area contributed by atoms with E-state index >= 15 is 0 Å². The van der Waals surface area contributed by atoms with E-state index in [4.69, 9.17) is 0 Å². The third kappa shape index (κ3) is 5.16. The van der Waals surface area contributed by atoms with Crippen LogP contribution in [-0.2, 0) is 0 Å². The zero-order valence-corrected chi connectivity index (χ0v) is 10.4. The van der Waals surface area contributed by atoms with Crippen LogP contribution in [-0.4, -0.2) is 6.21 Å². The standard InChI is InChI=1S/C12H15N.C2H6/c1-4-10(2)9-13-12-8-6-5-7-11(12)3;1-2/h4-9H,1-3H3;1-2H3/b10-4-,13-9?;. The molecule has 1 rings (SSSR count). The molecule has 82 valence electrons. The van der Waals surface area contributed by atoms with Crippen molar-refractivity contribution in [2.45, 2.75) is 34.6 Å². The van der Waals surface area contributed by atoms with Crippen molar-refractivity contribution < 1.29 is 0 Å². The van der Waals surface area contributed by atoms with Gasteiger partial charge in [-0.15, -0.1) is 0 Å². The molecule has 0 spiro atoms. The first-order valence-corrected chi connectivity index (χ1v) is 5.46. The van der Waals surface area contributed by atoms with Crippen molar-refractivity contribution in [2.75, 3.05) is 0 Å². The third-order valence-corrected chi connectivity index (χ3v) is 1.98. The second kappa shape index (κ2) is 7.98. The minimum atomic E-state index is 1.05. The number of aryl methyl sites for hydroxylation is 1. The summed E-state index contributed by atoms with van der Waals surface area (Å²) in [4.78, 5) is 4.38. The normalized spacial score (nSPS) is 11.1. The van der Waals surface area contributed by atoms with E-state index < -0.39 is 0 Å². The number of para-hydroxylation sites is 1. The van der Waals surface area contributed by atoms with Gasteiger partial charge in [0.15, 0.2) is 0 Å². The smallest absolute Gasteiger partial charge is 0.0658 e. The van der Waals surface area contributed by atoms with Gasteiger partial charge in [0.2, 0.25) is 0 Å². The molecule has 0 amide bonds. The van der Waals surface area contributed by atoms with E-state index in [1.807, 2.05) is 58.2 Å². The van der Waals surface area contributed by atoms with Crippen molar-refractivity contribution in [1.82, 2.24) is 0 Å². The van der Waals surface area contributed by atoms with Gasteiger partial charge in [0.1, 0.15) is 0 Å². The number of aliphatic imine (C=N–C) groups is 1. The average molecular weight is 203 g/mol. The lowest BCUT2D eigenvalue weighted by molar-refractivity contribution is 1.40. The van der Waals surface area contributed by atoms with Crippen molar-refractivity contribution in [3.05, 3.63) is 41.5 Å². The first-order valence-electron chi connectivity index (χ1n) is 5.46. The Balaban J connectivity index is 0.000000921. The molecule has 0 aliphatic rings. The van der Waals surface area contributed by atoms with Crippen LogP contribution in [0.4, 0.5) is 5.69 Å². The first kappa shape index (κ1) is 13.6. The summed E-state index contributed by atoms with van der Waals surface area (Å²) >= 11 is 0. The van der Waals surface area contributed by atoms with Gasteiger partial charge in [-0.05, 0) is 38.0 Å². The largest absolute Gasteiger partial charge is 0.256 e. The fraction of sp³-hybridized carbons (Fsp3) is 0.357. The number of hydrogen-bond donors (Lipinski definition) is 0. The molecule has 0 atom stereocenters. The Morgan fingerprint density at radius 3 is 2.33 bits per heavy atom. The molecule has 0 saturated carbocycles.